The number of halogens is 5. The summed E-state index contributed by atoms with van der Waals surface area (Å²) in [5.41, 5.74) is 1.64. The van der Waals surface area contributed by atoms with Crippen LogP contribution in [0.2, 0.25) is 5.02 Å². The smallest absolute Gasteiger partial charge is 0.332 e. The summed E-state index contributed by atoms with van der Waals surface area (Å²) in [6.07, 6.45) is 1.06. The number of alkyl halides is 2. The van der Waals surface area contributed by atoms with Gasteiger partial charge in [0.1, 0.15) is 5.82 Å². The van der Waals surface area contributed by atoms with Crippen LogP contribution in [0.15, 0.2) is 47.8 Å². The number of aromatic nitrogens is 1. The molecule has 1 aliphatic rings. The first kappa shape index (κ1) is 20.6. The maximum Gasteiger partial charge on any atom is 0.332 e. The molecule has 0 saturated carbocycles. The predicted molar refractivity (Wildman–Crippen MR) is 97.7 cm³/mol. The van der Waals surface area contributed by atoms with Gasteiger partial charge in [-0.05, 0) is 31.2 Å². The van der Waals surface area contributed by atoms with Crippen LogP contribution in [0, 0.1) is 11.6 Å². The molecule has 0 spiro atoms. The molecule has 0 unspecified atom stereocenters. The number of hydrogen-bond donors (Lipinski definition) is 2. The zero-order valence-electron chi connectivity index (χ0n) is 14.8. The molecule has 0 aliphatic carbocycles. The normalized spacial score (nSPS) is 20.6. The second-order valence-corrected chi connectivity index (χ2v) is 6.69. The number of carbonyl (C=O) groups excluding carboxylic acids is 1. The maximum absolute atomic E-state index is 14.7. The highest BCUT2D eigenvalue weighted by atomic mass is 35.5. The van der Waals surface area contributed by atoms with Crippen LogP contribution in [0.1, 0.15) is 23.0 Å². The molecule has 3 N–H and O–H groups in total. The first-order valence-electron chi connectivity index (χ1n) is 7.98. The van der Waals surface area contributed by atoms with E-state index in [0.717, 1.165) is 37.4 Å². The summed E-state index contributed by atoms with van der Waals surface area (Å²) in [6, 6.07) is 3.15. The minimum atomic E-state index is -3.82. The lowest BCUT2D eigenvalue weighted by Crippen LogP contribution is -2.49. The number of ether oxygens (including phenoxy) is 1. The molecular weight excluding hydrogens is 416 g/mol. The van der Waals surface area contributed by atoms with Crippen LogP contribution in [0.5, 0.6) is 0 Å². The molecule has 1 atom stereocenters. The molecule has 3 rings (SSSR count). The van der Waals surface area contributed by atoms with Crippen LogP contribution in [0.4, 0.5) is 23.2 Å². The maximum atomic E-state index is 14.7. The van der Waals surface area contributed by atoms with E-state index in [0.29, 0.717) is 0 Å². The topological polar surface area (TPSA) is 89.6 Å². The Bertz CT molecular complexity index is 1060. The monoisotopic (exact) mass is 428 g/mol. The van der Waals surface area contributed by atoms with Gasteiger partial charge in [-0.3, -0.25) is 4.79 Å². The minimum absolute atomic E-state index is 0.0199. The quantitative estimate of drug-likeness (QED) is 0.724. The van der Waals surface area contributed by atoms with Crippen molar-refractivity contribution in [2.75, 3.05) is 5.32 Å². The van der Waals surface area contributed by atoms with E-state index in [9.17, 15) is 22.4 Å². The van der Waals surface area contributed by atoms with E-state index in [-0.39, 0.29) is 10.7 Å². The highest BCUT2D eigenvalue weighted by molar-refractivity contribution is 6.30. The second kappa shape index (κ2) is 7.03. The van der Waals surface area contributed by atoms with Crippen molar-refractivity contribution in [2.24, 2.45) is 10.7 Å². The standard InChI is InChI=1S/C18H13ClF4N4O2/c1-8-18(22,23)17(2,27-16(24)29-8)11-6-10(3-4-12(11)20)26-15(28)14-13(21)5-9(19)7-25-14/h3-7H,1H2,2H3,(H2,24,27)(H,26,28)/t17-/m1/s1. The third-order valence-electron chi connectivity index (χ3n) is 4.29. The molecule has 152 valence electrons. The first-order valence-corrected chi connectivity index (χ1v) is 8.36. The number of aliphatic imine (C=N–C) groups is 1. The van der Waals surface area contributed by atoms with E-state index in [4.69, 9.17) is 17.3 Å². The molecular formula is C18H13ClF4N4O2. The largest absolute Gasteiger partial charge is 0.425 e. The molecule has 2 aromatic rings. The molecule has 0 bridgehead atoms. The Morgan fingerprint density at radius 3 is 2.62 bits per heavy atom. The third-order valence-corrected chi connectivity index (χ3v) is 4.50. The Kier molecular flexibility index (Phi) is 4.99. The highest BCUT2D eigenvalue weighted by Crippen LogP contribution is 2.48. The Balaban J connectivity index is 2.01. The van der Waals surface area contributed by atoms with Gasteiger partial charge in [-0.1, -0.05) is 18.2 Å². The fourth-order valence-electron chi connectivity index (χ4n) is 2.75. The van der Waals surface area contributed by atoms with E-state index in [1.165, 1.54) is 0 Å². The van der Waals surface area contributed by atoms with Crippen LogP contribution >= 0.6 is 11.6 Å². The number of hydrogen-bond acceptors (Lipinski definition) is 5. The number of anilines is 1. The molecule has 2 heterocycles. The van der Waals surface area contributed by atoms with Crippen molar-refractivity contribution >= 4 is 29.2 Å². The van der Waals surface area contributed by atoms with Gasteiger partial charge in [0.05, 0.1) is 5.02 Å². The number of pyridine rings is 1. The summed E-state index contributed by atoms with van der Waals surface area (Å²) in [5.74, 6) is -7.84. The molecule has 11 heteroatoms. The van der Waals surface area contributed by atoms with Crippen LogP contribution in [-0.4, -0.2) is 22.8 Å². The van der Waals surface area contributed by atoms with Gasteiger partial charge in [0, 0.05) is 17.4 Å². The van der Waals surface area contributed by atoms with E-state index in [1.54, 1.807) is 0 Å². The van der Waals surface area contributed by atoms with Crippen molar-refractivity contribution in [2.45, 2.75) is 18.4 Å². The highest BCUT2D eigenvalue weighted by Gasteiger charge is 2.59. The molecule has 0 saturated heterocycles. The van der Waals surface area contributed by atoms with Gasteiger partial charge in [0.25, 0.3) is 11.9 Å². The van der Waals surface area contributed by atoms with Crippen molar-refractivity contribution in [3.05, 3.63) is 70.7 Å². The predicted octanol–water partition coefficient (Wildman–Crippen LogP) is 3.97. The number of amides is 1. The van der Waals surface area contributed by atoms with Gasteiger partial charge >= 0.3 is 5.92 Å². The van der Waals surface area contributed by atoms with Crippen molar-refractivity contribution in [3.8, 4) is 0 Å². The Labute approximate surface area is 167 Å². The van der Waals surface area contributed by atoms with Crippen LogP contribution < -0.4 is 11.1 Å². The van der Waals surface area contributed by atoms with E-state index >= 15 is 0 Å². The van der Waals surface area contributed by atoms with E-state index < -0.39 is 52.0 Å². The molecule has 6 nitrogen and oxygen atoms in total. The van der Waals surface area contributed by atoms with Crippen molar-refractivity contribution in [1.29, 1.82) is 0 Å². The molecule has 1 aromatic carbocycles. The molecule has 1 amide bonds. The molecule has 0 radical (unpaired) electrons. The first-order chi connectivity index (χ1) is 13.5. The Hall–Kier alpha value is -3.14. The van der Waals surface area contributed by atoms with Crippen molar-refractivity contribution in [1.82, 2.24) is 4.98 Å². The van der Waals surface area contributed by atoms with Gasteiger partial charge in [-0.2, -0.15) is 8.78 Å². The third kappa shape index (κ3) is 3.51. The van der Waals surface area contributed by atoms with Gasteiger partial charge < -0.3 is 15.8 Å². The van der Waals surface area contributed by atoms with Crippen molar-refractivity contribution in [3.63, 3.8) is 0 Å². The Morgan fingerprint density at radius 2 is 1.97 bits per heavy atom. The zero-order chi connectivity index (χ0) is 21.6. The van der Waals surface area contributed by atoms with Crippen LogP contribution in [-0.2, 0) is 10.3 Å². The molecule has 1 aliphatic heterocycles. The number of nitrogens with two attached hydrogens (primary N) is 1. The van der Waals surface area contributed by atoms with E-state index in [1.807, 2.05) is 0 Å². The fourth-order valence-corrected chi connectivity index (χ4v) is 2.90. The number of carbonyl (C=O) groups is 1. The lowest BCUT2D eigenvalue weighted by molar-refractivity contribution is -0.0746. The molecule has 1 aromatic heterocycles. The average Bonchev–Trinajstić information content (AvgIpc) is 2.61. The number of benzene rings is 1. The minimum Gasteiger partial charge on any atom is -0.425 e. The van der Waals surface area contributed by atoms with Gasteiger partial charge in [0.2, 0.25) is 0 Å². The Morgan fingerprint density at radius 1 is 1.28 bits per heavy atom. The lowest BCUT2D eigenvalue weighted by atomic mass is 9.84. The van der Waals surface area contributed by atoms with Gasteiger partial charge in [-0.25, -0.2) is 18.8 Å². The van der Waals surface area contributed by atoms with Crippen molar-refractivity contribution < 1.29 is 27.1 Å². The van der Waals surface area contributed by atoms with E-state index in [2.05, 4.69) is 26.6 Å². The van der Waals surface area contributed by atoms with Crippen LogP contribution in [0.3, 0.4) is 0 Å². The number of nitrogens with one attached hydrogen (secondary N) is 1. The van der Waals surface area contributed by atoms with Gasteiger partial charge in [0.15, 0.2) is 22.8 Å². The summed E-state index contributed by atoms with van der Waals surface area (Å²) in [5, 5.41) is 2.24. The summed E-state index contributed by atoms with van der Waals surface area (Å²) < 4.78 is 62.3. The summed E-state index contributed by atoms with van der Waals surface area (Å²) in [7, 11) is 0. The number of nitrogens with zero attached hydrogens (tertiary/aromatic N) is 2. The summed E-state index contributed by atoms with van der Waals surface area (Å²) >= 11 is 5.58. The fraction of sp³-hybridized carbons (Fsp3) is 0.167. The zero-order valence-corrected chi connectivity index (χ0v) is 15.5. The molecule has 29 heavy (non-hydrogen) atoms. The van der Waals surface area contributed by atoms with Gasteiger partial charge in [-0.15, -0.1) is 0 Å². The number of rotatable bonds is 3. The number of amidine groups is 1. The SMILES string of the molecule is C=C1OC(N)=N[C@](C)(c2cc(NC(=O)c3ncc(Cl)cc3F)ccc2F)C1(F)F. The van der Waals surface area contributed by atoms with Crippen LogP contribution in [0.25, 0.3) is 0 Å². The summed E-state index contributed by atoms with van der Waals surface area (Å²) in [4.78, 5) is 19.4. The second-order valence-electron chi connectivity index (χ2n) is 6.25. The lowest BCUT2D eigenvalue weighted by Gasteiger charge is -2.38. The molecule has 0 fully saturated rings. The summed E-state index contributed by atoms with van der Waals surface area (Å²) in [6.45, 7) is 4.05. The average molecular weight is 429 g/mol.